The van der Waals surface area contributed by atoms with Gasteiger partial charge in [-0.15, -0.1) is 0 Å². The lowest BCUT2D eigenvalue weighted by molar-refractivity contribution is -0.116. The highest BCUT2D eigenvalue weighted by molar-refractivity contribution is 7.22. The zero-order chi connectivity index (χ0) is 16.7. The average molecular weight is 357 g/mol. The van der Waals surface area contributed by atoms with E-state index in [0.717, 1.165) is 27.1 Å². The van der Waals surface area contributed by atoms with Crippen molar-refractivity contribution in [1.82, 2.24) is 14.5 Å². The van der Waals surface area contributed by atoms with Crippen molar-refractivity contribution in [2.45, 2.75) is 13.5 Å². The number of carbonyl (C=O) groups excluding carboxylic acids is 1. The van der Waals surface area contributed by atoms with E-state index in [4.69, 9.17) is 11.6 Å². The number of fused-ring (bicyclic) bond motifs is 2. The first-order chi connectivity index (χ1) is 11.6. The van der Waals surface area contributed by atoms with Crippen LogP contribution < -0.4 is 5.32 Å². The van der Waals surface area contributed by atoms with Crippen molar-refractivity contribution in [2.24, 2.45) is 0 Å². The van der Waals surface area contributed by atoms with Crippen LogP contribution in [0.15, 0.2) is 42.5 Å². The van der Waals surface area contributed by atoms with E-state index in [2.05, 4.69) is 15.3 Å². The van der Waals surface area contributed by atoms with E-state index in [-0.39, 0.29) is 12.5 Å². The summed E-state index contributed by atoms with van der Waals surface area (Å²) in [6.07, 6.45) is 0. The van der Waals surface area contributed by atoms with Crippen LogP contribution in [0, 0.1) is 6.92 Å². The zero-order valence-electron chi connectivity index (χ0n) is 12.8. The second-order valence-electron chi connectivity index (χ2n) is 5.41. The maximum atomic E-state index is 12.4. The monoisotopic (exact) mass is 356 g/mol. The van der Waals surface area contributed by atoms with Gasteiger partial charge in [0.25, 0.3) is 0 Å². The molecule has 0 saturated heterocycles. The van der Waals surface area contributed by atoms with E-state index < -0.39 is 0 Å². The van der Waals surface area contributed by atoms with Crippen molar-refractivity contribution in [3.05, 3.63) is 53.3 Å². The largest absolute Gasteiger partial charge is 0.319 e. The van der Waals surface area contributed by atoms with Gasteiger partial charge in [0, 0.05) is 5.02 Å². The average Bonchev–Trinajstić information content (AvgIpc) is 3.07. The number of hydrogen-bond donors (Lipinski definition) is 1. The highest BCUT2D eigenvalue weighted by Crippen LogP contribution is 2.28. The molecule has 0 saturated carbocycles. The molecule has 4 rings (SSSR count). The third kappa shape index (κ3) is 2.74. The molecule has 7 heteroatoms. The second kappa shape index (κ2) is 5.89. The van der Waals surface area contributed by atoms with Crippen LogP contribution in [-0.2, 0) is 11.3 Å². The Bertz CT molecular complexity index is 1070. The number of aryl methyl sites for hydroxylation is 1. The van der Waals surface area contributed by atoms with Crippen LogP contribution in [0.4, 0.5) is 5.13 Å². The third-order valence-corrected chi connectivity index (χ3v) is 4.91. The summed E-state index contributed by atoms with van der Waals surface area (Å²) < 4.78 is 2.84. The van der Waals surface area contributed by atoms with Crippen LogP contribution >= 0.6 is 22.9 Å². The number of anilines is 1. The Balaban J connectivity index is 1.58. The number of benzene rings is 2. The third-order valence-electron chi connectivity index (χ3n) is 3.74. The summed E-state index contributed by atoms with van der Waals surface area (Å²) >= 11 is 7.39. The number of amides is 1. The molecule has 2 aromatic carbocycles. The number of para-hydroxylation sites is 2. The lowest BCUT2D eigenvalue weighted by Gasteiger charge is -2.06. The molecule has 4 aromatic rings. The van der Waals surface area contributed by atoms with Gasteiger partial charge in [0.1, 0.15) is 12.4 Å². The molecular weight excluding hydrogens is 344 g/mol. The minimum atomic E-state index is -0.133. The van der Waals surface area contributed by atoms with Crippen molar-refractivity contribution >= 4 is 55.2 Å². The Morgan fingerprint density at radius 2 is 2.04 bits per heavy atom. The predicted octanol–water partition coefficient (Wildman–Crippen LogP) is 4.25. The first-order valence-electron chi connectivity index (χ1n) is 7.38. The van der Waals surface area contributed by atoms with Gasteiger partial charge >= 0.3 is 0 Å². The number of imidazole rings is 1. The smallest absolute Gasteiger partial charge is 0.246 e. The maximum absolute atomic E-state index is 12.4. The van der Waals surface area contributed by atoms with E-state index in [1.165, 1.54) is 11.3 Å². The summed E-state index contributed by atoms with van der Waals surface area (Å²) in [6, 6.07) is 13.3. The minimum absolute atomic E-state index is 0.133. The highest BCUT2D eigenvalue weighted by Gasteiger charge is 2.12. The number of aromatic nitrogens is 3. The van der Waals surface area contributed by atoms with E-state index in [0.29, 0.717) is 10.2 Å². The van der Waals surface area contributed by atoms with Crippen molar-refractivity contribution in [3.63, 3.8) is 0 Å². The second-order valence-corrected chi connectivity index (χ2v) is 6.88. The number of thiazole rings is 1. The van der Waals surface area contributed by atoms with Crippen LogP contribution in [0.1, 0.15) is 5.82 Å². The standard InChI is InChI=1S/C17H13ClN4OS/c1-10-19-12-4-2-3-5-14(12)22(10)9-16(23)21-17-20-13-7-6-11(18)8-15(13)24-17/h2-8H,9H2,1H3,(H,20,21,23). The molecule has 5 nitrogen and oxygen atoms in total. The number of rotatable bonds is 3. The predicted molar refractivity (Wildman–Crippen MR) is 97.7 cm³/mol. The molecule has 0 atom stereocenters. The van der Waals surface area contributed by atoms with Crippen LogP contribution in [-0.4, -0.2) is 20.4 Å². The molecule has 0 aliphatic carbocycles. The van der Waals surface area contributed by atoms with Crippen molar-refractivity contribution in [2.75, 3.05) is 5.32 Å². The first kappa shape index (κ1) is 15.1. The lowest BCUT2D eigenvalue weighted by atomic mass is 10.3. The maximum Gasteiger partial charge on any atom is 0.246 e. The van der Waals surface area contributed by atoms with Crippen LogP contribution in [0.2, 0.25) is 5.02 Å². The molecule has 2 heterocycles. The van der Waals surface area contributed by atoms with Crippen molar-refractivity contribution in [3.8, 4) is 0 Å². The molecule has 1 amide bonds. The van der Waals surface area contributed by atoms with Gasteiger partial charge in [-0.2, -0.15) is 0 Å². The zero-order valence-corrected chi connectivity index (χ0v) is 14.4. The summed E-state index contributed by atoms with van der Waals surface area (Å²) in [7, 11) is 0. The molecule has 2 aromatic heterocycles. The summed E-state index contributed by atoms with van der Waals surface area (Å²) in [5, 5.41) is 4.08. The summed E-state index contributed by atoms with van der Waals surface area (Å²) in [6.45, 7) is 2.09. The Morgan fingerprint density at radius 1 is 1.21 bits per heavy atom. The topological polar surface area (TPSA) is 59.8 Å². The molecule has 0 spiro atoms. The van der Waals surface area contributed by atoms with Gasteiger partial charge in [0.05, 0.1) is 21.3 Å². The molecule has 24 heavy (non-hydrogen) atoms. The van der Waals surface area contributed by atoms with Crippen LogP contribution in [0.3, 0.4) is 0 Å². The molecule has 0 aliphatic heterocycles. The van der Waals surface area contributed by atoms with Gasteiger partial charge in [-0.1, -0.05) is 35.1 Å². The van der Waals surface area contributed by atoms with Gasteiger partial charge in [0.2, 0.25) is 5.91 Å². The number of carbonyl (C=O) groups is 1. The fraction of sp³-hybridized carbons (Fsp3) is 0.118. The number of nitrogens with one attached hydrogen (secondary N) is 1. The first-order valence-corrected chi connectivity index (χ1v) is 8.57. The van der Waals surface area contributed by atoms with E-state index in [1.54, 1.807) is 6.07 Å². The lowest BCUT2D eigenvalue weighted by Crippen LogP contribution is -2.19. The van der Waals surface area contributed by atoms with E-state index in [9.17, 15) is 4.79 Å². The normalized spacial score (nSPS) is 11.2. The summed E-state index contributed by atoms with van der Waals surface area (Å²) in [5.74, 6) is 0.675. The molecule has 0 unspecified atom stereocenters. The van der Waals surface area contributed by atoms with Crippen LogP contribution in [0.25, 0.3) is 21.3 Å². The number of halogens is 1. The molecule has 0 bridgehead atoms. The Morgan fingerprint density at radius 3 is 2.92 bits per heavy atom. The fourth-order valence-corrected chi connectivity index (χ4v) is 3.81. The Labute approximate surface area is 146 Å². The van der Waals surface area contributed by atoms with Crippen molar-refractivity contribution < 1.29 is 4.79 Å². The van der Waals surface area contributed by atoms with Gasteiger partial charge in [-0.25, -0.2) is 9.97 Å². The quantitative estimate of drug-likeness (QED) is 0.597. The SMILES string of the molecule is Cc1nc2ccccc2n1CC(=O)Nc1nc2ccc(Cl)cc2s1. The molecule has 0 fully saturated rings. The fourth-order valence-electron chi connectivity index (χ4n) is 2.65. The Hall–Kier alpha value is -2.44. The summed E-state index contributed by atoms with van der Waals surface area (Å²) in [4.78, 5) is 21.3. The van der Waals surface area contributed by atoms with E-state index >= 15 is 0 Å². The summed E-state index contributed by atoms with van der Waals surface area (Å²) in [5.41, 5.74) is 2.66. The molecule has 0 aliphatic rings. The molecule has 120 valence electrons. The van der Waals surface area contributed by atoms with E-state index in [1.807, 2.05) is 47.9 Å². The van der Waals surface area contributed by atoms with Gasteiger partial charge < -0.3 is 9.88 Å². The van der Waals surface area contributed by atoms with Crippen LogP contribution in [0.5, 0.6) is 0 Å². The molecular formula is C17H13ClN4OS. The van der Waals surface area contributed by atoms with Gasteiger partial charge in [-0.3, -0.25) is 4.79 Å². The number of nitrogens with zero attached hydrogens (tertiary/aromatic N) is 3. The Kier molecular flexibility index (Phi) is 3.70. The van der Waals surface area contributed by atoms with Gasteiger partial charge in [0.15, 0.2) is 5.13 Å². The molecule has 1 N–H and O–H groups in total. The van der Waals surface area contributed by atoms with Gasteiger partial charge in [-0.05, 0) is 37.3 Å². The number of hydrogen-bond acceptors (Lipinski definition) is 4. The molecule has 0 radical (unpaired) electrons. The van der Waals surface area contributed by atoms with Crippen molar-refractivity contribution in [1.29, 1.82) is 0 Å². The highest BCUT2D eigenvalue weighted by atomic mass is 35.5. The minimum Gasteiger partial charge on any atom is -0.319 e.